The summed E-state index contributed by atoms with van der Waals surface area (Å²) in [7, 11) is -0.533. The maximum absolute atomic E-state index is 11.8. The SMILES string of the molecule is COCC(O)CNS(=O)(=O)c1cn(C)c(C)n1. The summed E-state index contributed by atoms with van der Waals surface area (Å²) in [6.07, 6.45) is 0.542. The first kappa shape index (κ1) is 14.1. The molecular weight excluding hydrogens is 246 g/mol. The minimum absolute atomic E-state index is 0.0536. The molecule has 1 unspecified atom stereocenters. The smallest absolute Gasteiger partial charge is 0.259 e. The van der Waals surface area contributed by atoms with Gasteiger partial charge in [0.2, 0.25) is 0 Å². The highest BCUT2D eigenvalue weighted by atomic mass is 32.2. The molecule has 0 aliphatic heterocycles. The van der Waals surface area contributed by atoms with E-state index in [9.17, 15) is 13.5 Å². The van der Waals surface area contributed by atoms with Crippen LogP contribution in [0.25, 0.3) is 0 Å². The molecule has 17 heavy (non-hydrogen) atoms. The van der Waals surface area contributed by atoms with Gasteiger partial charge in [-0.15, -0.1) is 0 Å². The van der Waals surface area contributed by atoms with E-state index in [1.54, 1.807) is 18.5 Å². The number of rotatable bonds is 6. The first-order chi connectivity index (χ1) is 7.86. The Morgan fingerprint density at radius 1 is 1.65 bits per heavy atom. The number of ether oxygens (including phenoxy) is 1. The van der Waals surface area contributed by atoms with Crippen LogP contribution in [0.2, 0.25) is 0 Å². The molecule has 0 aliphatic carbocycles. The normalized spacial score (nSPS) is 13.9. The molecule has 1 aromatic heterocycles. The van der Waals surface area contributed by atoms with E-state index in [4.69, 9.17) is 4.74 Å². The van der Waals surface area contributed by atoms with Crippen LogP contribution in [0.1, 0.15) is 5.82 Å². The summed E-state index contributed by atoms with van der Waals surface area (Å²) < 4.78 is 32.1. The van der Waals surface area contributed by atoms with Gasteiger partial charge in [0, 0.05) is 26.9 Å². The molecule has 0 radical (unpaired) electrons. The van der Waals surface area contributed by atoms with E-state index in [2.05, 4.69) is 9.71 Å². The molecule has 98 valence electrons. The number of aliphatic hydroxyl groups excluding tert-OH is 1. The molecule has 0 aliphatic rings. The molecule has 8 heteroatoms. The van der Waals surface area contributed by atoms with Crippen molar-refractivity contribution < 1.29 is 18.3 Å². The Labute approximate surface area is 100 Å². The number of nitrogens with zero attached hydrogens (tertiary/aromatic N) is 2. The molecule has 1 rings (SSSR count). The third-order valence-electron chi connectivity index (χ3n) is 2.23. The Hall–Kier alpha value is -0.960. The Kier molecular flexibility index (Phi) is 4.63. The van der Waals surface area contributed by atoms with Gasteiger partial charge >= 0.3 is 0 Å². The molecule has 0 spiro atoms. The van der Waals surface area contributed by atoms with Crippen LogP contribution in [0.15, 0.2) is 11.2 Å². The zero-order valence-electron chi connectivity index (χ0n) is 10.0. The Bertz CT molecular complexity index is 449. The van der Waals surface area contributed by atoms with Crippen LogP contribution in [0.4, 0.5) is 0 Å². The number of nitrogens with one attached hydrogen (secondary N) is 1. The number of methoxy groups -OCH3 is 1. The van der Waals surface area contributed by atoms with E-state index in [-0.39, 0.29) is 18.2 Å². The van der Waals surface area contributed by atoms with Crippen molar-refractivity contribution in [2.24, 2.45) is 7.05 Å². The molecule has 1 aromatic rings. The van der Waals surface area contributed by atoms with Crippen LogP contribution in [-0.4, -0.2) is 49.4 Å². The van der Waals surface area contributed by atoms with E-state index in [1.807, 2.05) is 0 Å². The van der Waals surface area contributed by atoms with Crippen molar-refractivity contribution in [2.45, 2.75) is 18.1 Å². The van der Waals surface area contributed by atoms with Crippen molar-refractivity contribution in [2.75, 3.05) is 20.3 Å². The highest BCUT2D eigenvalue weighted by Gasteiger charge is 2.19. The number of sulfonamides is 1. The average molecular weight is 263 g/mol. The van der Waals surface area contributed by atoms with Gasteiger partial charge < -0.3 is 14.4 Å². The lowest BCUT2D eigenvalue weighted by Gasteiger charge is -2.09. The average Bonchev–Trinajstić information content (AvgIpc) is 2.58. The van der Waals surface area contributed by atoms with Crippen molar-refractivity contribution in [3.63, 3.8) is 0 Å². The first-order valence-electron chi connectivity index (χ1n) is 5.03. The monoisotopic (exact) mass is 263 g/mol. The standard InChI is InChI=1S/C9H17N3O4S/c1-7-11-9(5-12(7)2)17(14,15)10-4-8(13)6-16-3/h5,8,10,13H,4,6H2,1-3H3. The fourth-order valence-electron chi connectivity index (χ4n) is 1.19. The Balaban J connectivity index is 2.69. The van der Waals surface area contributed by atoms with E-state index in [1.165, 1.54) is 13.3 Å². The molecule has 0 fully saturated rings. The molecule has 0 aromatic carbocycles. The van der Waals surface area contributed by atoms with E-state index in [0.29, 0.717) is 5.82 Å². The number of aryl methyl sites for hydroxylation is 2. The maximum atomic E-state index is 11.8. The minimum Gasteiger partial charge on any atom is -0.389 e. The van der Waals surface area contributed by atoms with Crippen LogP contribution in [0.3, 0.4) is 0 Å². The van der Waals surface area contributed by atoms with E-state index < -0.39 is 16.1 Å². The summed E-state index contributed by atoms with van der Waals surface area (Å²) in [6.45, 7) is 1.67. The van der Waals surface area contributed by atoms with E-state index >= 15 is 0 Å². The van der Waals surface area contributed by atoms with Gasteiger partial charge in [-0.25, -0.2) is 18.1 Å². The predicted molar refractivity (Wildman–Crippen MR) is 61.0 cm³/mol. The second kappa shape index (κ2) is 5.58. The molecule has 2 N–H and O–H groups in total. The van der Waals surface area contributed by atoms with Crippen LogP contribution in [-0.2, 0) is 21.8 Å². The van der Waals surface area contributed by atoms with Crippen LogP contribution in [0, 0.1) is 6.92 Å². The summed E-state index contributed by atoms with van der Waals surface area (Å²) in [5.41, 5.74) is 0. The molecule has 0 saturated heterocycles. The number of hydrogen-bond donors (Lipinski definition) is 2. The molecule has 0 bridgehead atoms. The van der Waals surface area contributed by atoms with Gasteiger partial charge in [0.1, 0.15) is 5.82 Å². The summed E-state index contributed by atoms with van der Waals surface area (Å²) in [6, 6.07) is 0. The second-order valence-electron chi connectivity index (χ2n) is 3.70. The zero-order valence-corrected chi connectivity index (χ0v) is 10.9. The van der Waals surface area contributed by atoms with Crippen LogP contribution < -0.4 is 4.72 Å². The van der Waals surface area contributed by atoms with Gasteiger partial charge in [0.15, 0.2) is 5.03 Å². The zero-order chi connectivity index (χ0) is 13.1. The van der Waals surface area contributed by atoms with Gasteiger partial charge in [0.05, 0.1) is 12.7 Å². The number of imidazole rings is 1. The number of hydrogen-bond acceptors (Lipinski definition) is 5. The fraction of sp³-hybridized carbons (Fsp3) is 0.667. The maximum Gasteiger partial charge on any atom is 0.259 e. The molecular formula is C9H17N3O4S. The lowest BCUT2D eigenvalue weighted by Crippen LogP contribution is -2.34. The predicted octanol–water partition coefficient (Wildman–Crippen LogP) is -0.986. The second-order valence-corrected chi connectivity index (χ2v) is 5.41. The summed E-state index contributed by atoms with van der Waals surface area (Å²) in [5, 5.41) is 9.29. The van der Waals surface area contributed by atoms with Gasteiger partial charge in [-0.05, 0) is 6.92 Å². The fourth-order valence-corrected chi connectivity index (χ4v) is 2.30. The van der Waals surface area contributed by atoms with Crippen LogP contribution in [0.5, 0.6) is 0 Å². The summed E-state index contributed by atoms with van der Waals surface area (Å²) >= 11 is 0. The summed E-state index contributed by atoms with van der Waals surface area (Å²) in [4.78, 5) is 3.91. The summed E-state index contributed by atoms with van der Waals surface area (Å²) in [5.74, 6) is 0.600. The van der Waals surface area contributed by atoms with Crippen LogP contribution >= 0.6 is 0 Å². The molecule has 7 nitrogen and oxygen atoms in total. The van der Waals surface area contributed by atoms with Crippen molar-refractivity contribution >= 4 is 10.0 Å². The molecule has 1 atom stereocenters. The largest absolute Gasteiger partial charge is 0.389 e. The molecule has 0 saturated carbocycles. The van der Waals surface area contributed by atoms with Crippen molar-refractivity contribution in [1.82, 2.24) is 14.3 Å². The van der Waals surface area contributed by atoms with E-state index in [0.717, 1.165) is 0 Å². The van der Waals surface area contributed by atoms with Crippen molar-refractivity contribution in [1.29, 1.82) is 0 Å². The first-order valence-corrected chi connectivity index (χ1v) is 6.51. The lowest BCUT2D eigenvalue weighted by atomic mass is 10.4. The Morgan fingerprint density at radius 2 is 2.29 bits per heavy atom. The highest BCUT2D eigenvalue weighted by Crippen LogP contribution is 2.07. The van der Waals surface area contributed by atoms with Gasteiger partial charge in [-0.1, -0.05) is 0 Å². The number of aromatic nitrogens is 2. The van der Waals surface area contributed by atoms with Gasteiger partial charge in [-0.3, -0.25) is 0 Å². The highest BCUT2D eigenvalue weighted by molar-refractivity contribution is 7.89. The third kappa shape index (κ3) is 3.77. The third-order valence-corrected chi connectivity index (χ3v) is 3.52. The topological polar surface area (TPSA) is 93.5 Å². The minimum atomic E-state index is -3.67. The van der Waals surface area contributed by atoms with Crippen molar-refractivity contribution in [3.05, 3.63) is 12.0 Å². The lowest BCUT2D eigenvalue weighted by molar-refractivity contribution is 0.0679. The number of aliphatic hydroxyl groups is 1. The van der Waals surface area contributed by atoms with Gasteiger partial charge in [0.25, 0.3) is 10.0 Å². The Morgan fingerprint density at radius 3 is 2.76 bits per heavy atom. The molecule has 0 amide bonds. The quantitative estimate of drug-likeness (QED) is 0.687. The van der Waals surface area contributed by atoms with Crippen molar-refractivity contribution in [3.8, 4) is 0 Å². The molecule has 1 heterocycles. The van der Waals surface area contributed by atoms with Gasteiger partial charge in [-0.2, -0.15) is 0 Å².